The Balaban J connectivity index is 1.56. The first kappa shape index (κ1) is 28.1. The molecule has 0 heterocycles. The van der Waals surface area contributed by atoms with Crippen LogP contribution in [0.25, 0.3) is 11.1 Å². The van der Waals surface area contributed by atoms with Gasteiger partial charge in [0.15, 0.2) is 0 Å². The molecule has 1 fully saturated rings. The van der Waals surface area contributed by atoms with E-state index in [2.05, 4.69) is 112 Å². The van der Waals surface area contributed by atoms with Crippen LogP contribution in [-0.2, 0) is 10.8 Å². The molecule has 0 N–H and O–H groups in total. The van der Waals surface area contributed by atoms with E-state index >= 15 is 0 Å². The Morgan fingerprint density at radius 3 is 1.68 bits per heavy atom. The van der Waals surface area contributed by atoms with Crippen molar-refractivity contribution in [2.45, 2.75) is 131 Å². The van der Waals surface area contributed by atoms with E-state index in [1.54, 1.807) is 22.3 Å². The molecule has 0 aliphatic heterocycles. The molecule has 0 radical (unpaired) electrons. The van der Waals surface area contributed by atoms with Crippen molar-refractivity contribution >= 4 is 0 Å². The van der Waals surface area contributed by atoms with Crippen LogP contribution in [0.2, 0.25) is 0 Å². The molecule has 0 heteroatoms. The van der Waals surface area contributed by atoms with E-state index < -0.39 is 0 Å². The van der Waals surface area contributed by atoms with Crippen LogP contribution < -0.4 is 0 Å². The Hall–Kier alpha value is -2.08. The predicted octanol–water partition coefficient (Wildman–Crippen LogP) is 11.7. The fourth-order valence-electron chi connectivity index (χ4n) is 8.79. The van der Waals surface area contributed by atoms with Crippen LogP contribution in [0.5, 0.6) is 0 Å². The van der Waals surface area contributed by atoms with Gasteiger partial charge in [-0.3, -0.25) is 0 Å². The summed E-state index contributed by atoms with van der Waals surface area (Å²) < 4.78 is 0. The third-order valence-corrected chi connectivity index (χ3v) is 11.3. The van der Waals surface area contributed by atoms with Gasteiger partial charge in [-0.05, 0) is 92.7 Å². The number of rotatable bonds is 2. The van der Waals surface area contributed by atoms with Crippen LogP contribution in [0.1, 0.15) is 142 Å². The van der Waals surface area contributed by atoms with Gasteiger partial charge in [0, 0.05) is 11.3 Å². The predicted molar refractivity (Wildman–Crippen MR) is 173 cm³/mol. The Morgan fingerprint density at radius 1 is 0.675 bits per heavy atom. The standard InChI is InChI=1S/C40H54/c1-37(2,3)26-16-18-29-30-19-17-27(38(4,5)6)21-33(30)36(32(29)20-26)40(10)24-34(25-14-12-11-13-15-25)31-22-28(23-35(31)40)39(7,8)9/h16-21,23,25,34,36H,11-15,22,24H2,1-10H3. The van der Waals surface area contributed by atoms with Gasteiger partial charge in [-0.1, -0.05) is 142 Å². The molecule has 0 aromatic heterocycles. The molecule has 214 valence electrons. The van der Waals surface area contributed by atoms with Gasteiger partial charge in [0.1, 0.15) is 0 Å². The molecular weight excluding hydrogens is 480 g/mol. The van der Waals surface area contributed by atoms with E-state index in [9.17, 15) is 0 Å². The highest BCUT2D eigenvalue weighted by Crippen LogP contribution is 2.66. The average molecular weight is 535 g/mol. The Labute approximate surface area is 245 Å². The van der Waals surface area contributed by atoms with Gasteiger partial charge in [0.05, 0.1) is 0 Å². The molecule has 0 nitrogen and oxygen atoms in total. The van der Waals surface area contributed by atoms with Gasteiger partial charge in [-0.2, -0.15) is 0 Å². The summed E-state index contributed by atoms with van der Waals surface area (Å²) in [4.78, 5) is 0. The number of allylic oxidation sites excluding steroid dienone is 4. The van der Waals surface area contributed by atoms with Crippen molar-refractivity contribution in [1.82, 2.24) is 0 Å². The first-order valence-corrected chi connectivity index (χ1v) is 16.3. The molecule has 0 amide bonds. The Bertz CT molecular complexity index is 1320. The number of hydrogen-bond donors (Lipinski definition) is 0. The Kier molecular flexibility index (Phi) is 6.46. The van der Waals surface area contributed by atoms with Crippen LogP contribution in [0.3, 0.4) is 0 Å². The minimum atomic E-state index is 0.122. The van der Waals surface area contributed by atoms with Crippen molar-refractivity contribution in [3.63, 3.8) is 0 Å². The van der Waals surface area contributed by atoms with Gasteiger partial charge in [-0.25, -0.2) is 0 Å². The van der Waals surface area contributed by atoms with Crippen LogP contribution in [-0.4, -0.2) is 0 Å². The lowest BCUT2D eigenvalue weighted by Crippen LogP contribution is -2.28. The minimum absolute atomic E-state index is 0.122. The molecular formula is C40H54. The van der Waals surface area contributed by atoms with Gasteiger partial charge in [-0.15, -0.1) is 0 Å². The SMILES string of the molecule is CC(C)(C)C1=CC2=C(C1)C(C1CCCCC1)CC2(C)C1c2cc(C(C)(C)C)ccc2-c2ccc(C(C)(C)C)cc21. The Morgan fingerprint density at radius 2 is 1.20 bits per heavy atom. The molecule has 2 aromatic carbocycles. The molecule has 40 heavy (non-hydrogen) atoms. The quantitative estimate of drug-likeness (QED) is 0.359. The van der Waals surface area contributed by atoms with Crippen molar-refractivity contribution < 1.29 is 0 Å². The maximum atomic E-state index is 2.71. The van der Waals surface area contributed by atoms with Crippen LogP contribution >= 0.6 is 0 Å². The van der Waals surface area contributed by atoms with Crippen LogP contribution in [0, 0.1) is 22.7 Å². The van der Waals surface area contributed by atoms with E-state index in [-0.39, 0.29) is 21.7 Å². The summed E-state index contributed by atoms with van der Waals surface area (Å²) in [5.74, 6) is 2.03. The smallest absolute Gasteiger partial charge is 0.0196 e. The molecule has 4 aliphatic carbocycles. The molecule has 0 saturated heterocycles. The topological polar surface area (TPSA) is 0 Å². The summed E-state index contributed by atoms with van der Waals surface area (Å²) >= 11 is 0. The third-order valence-electron chi connectivity index (χ3n) is 11.3. The van der Waals surface area contributed by atoms with Gasteiger partial charge in [0.2, 0.25) is 0 Å². The van der Waals surface area contributed by atoms with Gasteiger partial charge < -0.3 is 0 Å². The molecule has 2 unspecified atom stereocenters. The fraction of sp³-hybridized carbons (Fsp3) is 0.600. The second kappa shape index (κ2) is 9.21. The molecule has 0 bridgehead atoms. The first-order valence-electron chi connectivity index (χ1n) is 16.3. The second-order valence-corrected chi connectivity index (χ2v) is 17.2. The largest absolute Gasteiger partial charge is 0.0605 e. The normalized spacial score (nSPS) is 25.8. The van der Waals surface area contributed by atoms with E-state index in [1.165, 1.54) is 67.2 Å². The second-order valence-electron chi connectivity index (χ2n) is 17.2. The fourth-order valence-corrected chi connectivity index (χ4v) is 8.79. The highest BCUT2D eigenvalue weighted by atomic mass is 14.6. The summed E-state index contributed by atoms with van der Waals surface area (Å²) in [5.41, 5.74) is 14.9. The lowest BCUT2D eigenvalue weighted by atomic mass is 9.64. The van der Waals surface area contributed by atoms with Crippen molar-refractivity contribution in [2.24, 2.45) is 22.7 Å². The zero-order chi connectivity index (χ0) is 28.8. The highest BCUT2D eigenvalue weighted by molar-refractivity contribution is 5.81. The molecule has 1 saturated carbocycles. The van der Waals surface area contributed by atoms with E-state index in [0.29, 0.717) is 5.92 Å². The van der Waals surface area contributed by atoms with Gasteiger partial charge in [0.25, 0.3) is 0 Å². The summed E-state index contributed by atoms with van der Waals surface area (Å²) in [6, 6.07) is 15.0. The zero-order valence-corrected chi connectivity index (χ0v) is 27.2. The van der Waals surface area contributed by atoms with Crippen molar-refractivity contribution in [2.75, 3.05) is 0 Å². The zero-order valence-electron chi connectivity index (χ0n) is 27.2. The highest BCUT2D eigenvalue weighted by Gasteiger charge is 2.53. The maximum Gasteiger partial charge on any atom is 0.0196 e. The van der Waals surface area contributed by atoms with Crippen molar-refractivity contribution in [3.05, 3.63) is 81.4 Å². The first-order chi connectivity index (χ1) is 18.6. The van der Waals surface area contributed by atoms with Crippen LogP contribution in [0.15, 0.2) is 59.2 Å². The molecule has 6 rings (SSSR count). The molecule has 2 aromatic rings. The van der Waals surface area contributed by atoms with Gasteiger partial charge >= 0.3 is 0 Å². The van der Waals surface area contributed by atoms with Crippen molar-refractivity contribution in [1.29, 1.82) is 0 Å². The van der Waals surface area contributed by atoms with E-state index in [0.717, 1.165) is 11.8 Å². The van der Waals surface area contributed by atoms with E-state index in [1.807, 2.05) is 5.57 Å². The lowest BCUT2D eigenvalue weighted by molar-refractivity contribution is 0.221. The maximum absolute atomic E-state index is 2.71. The monoisotopic (exact) mass is 534 g/mol. The minimum Gasteiger partial charge on any atom is -0.0605 e. The third kappa shape index (κ3) is 4.48. The van der Waals surface area contributed by atoms with E-state index in [4.69, 9.17) is 0 Å². The van der Waals surface area contributed by atoms with Crippen molar-refractivity contribution in [3.8, 4) is 11.1 Å². The number of benzene rings is 2. The van der Waals surface area contributed by atoms with Crippen LogP contribution in [0.4, 0.5) is 0 Å². The number of hydrogen-bond acceptors (Lipinski definition) is 0. The molecule has 2 atom stereocenters. The summed E-state index contributed by atoms with van der Waals surface area (Å²) in [6.45, 7) is 24.2. The molecule has 4 aliphatic rings. The molecule has 0 spiro atoms. The number of fused-ring (bicyclic) bond motifs is 3. The lowest BCUT2D eigenvalue weighted by Gasteiger charge is -2.39. The average Bonchev–Trinajstić information content (AvgIpc) is 3.53. The summed E-state index contributed by atoms with van der Waals surface area (Å²) in [5, 5.41) is 0. The summed E-state index contributed by atoms with van der Waals surface area (Å²) in [7, 11) is 0. The summed E-state index contributed by atoms with van der Waals surface area (Å²) in [6.07, 6.45) is 12.4.